The molecule has 0 heterocycles. The van der Waals surface area contributed by atoms with Crippen molar-refractivity contribution in [1.29, 1.82) is 0 Å². The van der Waals surface area contributed by atoms with Crippen molar-refractivity contribution in [3.05, 3.63) is 36.5 Å². The molecular weight excluding hydrogens is 719 g/mol. The molecule has 0 rings (SSSR count). The van der Waals surface area contributed by atoms with Crippen molar-refractivity contribution in [2.75, 3.05) is 6.61 Å². The van der Waals surface area contributed by atoms with E-state index in [1.54, 1.807) is 0 Å². The molecule has 0 saturated carbocycles. The highest BCUT2D eigenvalue weighted by molar-refractivity contribution is 5.80. The normalized spacial score (nSPS) is 14.2. The van der Waals surface area contributed by atoms with E-state index in [1.807, 2.05) is 0 Å². The van der Waals surface area contributed by atoms with Crippen LogP contribution < -0.4 is 5.32 Å². The summed E-state index contributed by atoms with van der Waals surface area (Å²) in [5, 5.41) is 43.8. The Morgan fingerprint density at radius 2 is 0.759 bits per heavy atom. The van der Waals surface area contributed by atoms with Crippen LogP contribution in [-0.4, -0.2) is 57.3 Å². The molecule has 0 aromatic carbocycles. The van der Waals surface area contributed by atoms with Crippen LogP contribution in [0.25, 0.3) is 0 Å². The number of allylic oxidation sites excluding steroid dienone is 6. The molecule has 4 unspecified atom stereocenters. The summed E-state index contributed by atoms with van der Waals surface area (Å²) in [5.41, 5.74) is 0. The summed E-state index contributed by atoms with van der Waals surface area (Å²) in [5.74, 6) is -0.595. The molecule has 0 fully saturated rings. The number of amides is 1. The van der Waals surface area contributed by atoms with E-state index in [1.165, 1.54) is 186 Å². The Hall–Kier alpha value is -1.47. The molecule has 5 N–H and O–H groups in total. The molecule has 0 aliphatic heterocycles. The van der Waals surface area contributed by atoms with E-state index in [9.17, 15) is 25.2 Å². The van der Waals surface area contributed by atoms with Gasteiger partial charge < -0.3 is 25.7 Å². The highest BCUT2D eigenvalue weighted by Gasteiger charge is 2.28. The first kappa shape index (κ1) is 56.5. The molecule has 4 atom stereocenters. The average Bonchev–Trinajstić information content (AvgIpc) is 3.23. The maximum absolute atomic E-state index is 12.5. The summed E-state index contributed by atoms with van der Waals surface area (Å²) in [6, 6.07) is -1.00. The third-order valence-corrected chi connectivity index (χ3v) is 11.8. The Labute approximate surface area is 360 Å². The minimum absolute atomic E-state index is 0.359. The van der Waals surface area contributed by atoms with Gasteiger partial charge in [-0.1, -0.05) is 224 Å². The van der Waals surface area contributed by atoms with Crippen LogP contribution in [0, 0.1) is 0 Å². The number of unbranched alkanes of at least 4 members (excludes halogenated alkanes) is 31. The Morgan fingerprint density at radius 1 is 0.431 bits per heavy atom. The van der Waals surface area contributed by atoms with Crippen LogP contribution in [0.1, 0.15) is 258 Å². The van der Waals surface area contributed by atoms with Crippen LogP contribution in [0.2, 0.25) is 0 Å². The van der Waals surface area contributed by atoms with Gasteiger partial charge in [-0.3, -0.25) is 4.79 Å². The molecule has 6 heteroatoms. The SMILES string of the molecule is CCCCCCCCCCC/C=C\C/C=C\CCCCCCCCCCCCC(O)C(=O)NC(CO)C(O)C(O)CCC/C=C/CCCCCCCCCCCCC. The fraction of sp³-hybridized carbons (Fsp3) is 0.865. The number of nitrogens with one attached hydrogen (secondary N) is 1. The first-order valence-electron chi connectivity index (χ1n) is 25.4. The second kappa shape index (κ2) is 46.6. The van der Waals surface area contributed by atoms with E-state index in [2.05, 4.69) is 55.6 Å². The van der Waals surface area contributed by atoms with Gasteiger partial charge in [-0.15, -0.1) is 0 Å². The van der Waals surface area contributed by atoms with Crippen molar-refractivity contribution < 1.29 is 25.2 Å². The highest BCUT2D eigenvalue weighted by atomic mass is 16.3. The summed E-state index contributed by atoms with van der Waals surface area (Å²) in [7, 11) is 0. The summed E-state index contributed by atoms with van der Waals surface area (Å²) < 4.78 is 0. The van der Waals surface area contributed by atoms with Gasteiger partial charge >= 0.3 is 0 Å². The lowest BCUT2D eigenvalue weighted by atomic mass is 10.00. The first-order chi connectivity index (χ1) is 28.5. The van der Waals surface area contributed by atoms with Crippen molar-refractivity contribution in [3.8, 4) is 0 Å². The van der Waals surface area contributed by atoms with Crippen LogP contribution in [0.5, 0.6) is 0 Å². The van der Waals surface area contributed by atoms with E-state index < -0.39 is 36.9 Å². The largest absolute Gasteiger partial charge is 0.394 e. The minimum atomic E-state index is -1.28. The molecule has 0 aromatic heterocycles. The van der Waals surface area contributed by atoms with Crippen molar-refractivity contribution >= 4 is 5.91 Å². The van der Waals surface area contributed by atoms with Gasteiger partial charge in [-0.05, 0) is 70.6 Å². The third-order valence-electron chi connectivity index (χ3n) is 11.8. The molecular formula is C52H99NO5. The molecule has 58 heavy (non-hydrogen) atoms. The molecule has 0 saturated heterocycles. The molecule has 0 aromatic rings. The lowest BCUT2D eigenvalue weighted by Crippen LogP contribution is -2.53. The number of aliphatic hydroxyl groups excluding tert-OH is 4. The second-order valence-electron chi connectivity index (χ2n) is 17.5. The number of hydrogen-bond donors (Lipinski definition) is 5. The maximum Gasteiger partial charge on any atom is 0.249 e. The molecule has 342 valence electrons. The van der Waals surface area contributed by atoms with Crippen molar-refractivity contribution in [2.24, 2.45) is 0 Å². The van der Waals surface area contributed by atoms with Gasteiger partial charge in [-0.25, -0.2) is 0 Å². The van der Waals surface area contributed by atoms with Crippen molar-refractivity contribution in [1.82, 2.24) is 5.32 Å². The van der Waals surface area contributed by atoms with Gasteiger partial charge in [0, 0.05) is 0 Å². The number of hydrogen-bond acceptors (Lipinski definition) is 5. The van der Waals surface area contributed by atoms with Crippen molar-refractivity contribution in [2.45, 2.75) is 282 Å². The predicted octanol–water partition coefficient (Wildman–Crippen LogP) is 14.1. The number of carbonyl (C=O) groups is 1. The number of rotatable bonds is 46. The molecule has 0 aliphatic rings. The van der Waals surface area contributed by atoms with E-state index in [0.29, 0.717) is 12.8 Å². The van der Waals surface area contributed by atoms with Gasteiger partial charge in [0.05, 0.1) is 18.8 Å². The summed E-state index contributed by atoms with van der Waals surface area (Å²) in [6.45, 7) is 4.05. The quantitative estimate of drug-likeness (QED) is 0.0310. The Bertz CT molecular complexity index is 919. The van der Waals surface area contributed by atoms with E-state index in [-0.39, 0.29) is 0 Å². The molecule has 0 aliphatic carbocycles. The van der Waals surface area contributed by atoms with E-state index >= 15 is 0 Å². The summed E-state index contributed by atoms with van der Waals surface area (Å²) in [6.07, 6.45) is 56.2. The zero-order valence-corrected chi connectivity index (χ0v) is 38.5. The smallest absolute Gasteiger partial charge is 0.249 e. The summed E-state index contributed by atoms with van der Waals surface area (Å²) >= 11 is 0. The molecule has 0 radical (unpaired) electrons. The van der Waals surface area contributed by atoms with Gasteiger partial charge in [0.25, 0.3) is 0 Å². The zero-order valence-electron chi connectivity index (χ0n) is 38.5. The fourth-order valence-electron chi connectivity index (χ4n) is 7.79. The van der Waals surface area contributed by atoms with Crippen LogP contribution >= 0.6 is 0 Å². The fourth-order valence-corrected chi connectivity index (χ4v) is 7.79. The van der Waals surface area contributed by atoms with E-state index in [4.69, 9.17) is 0 Å². The Kier molecular flexibility index (Phi) is 45.4. The number of aliphatic hydroxyl groups is 4. The molecule has 0 bridgehead atoms. The van der Waals surface area contributed by atoms with Crippen LogP contribution in [0.15, 0.2) is 36.5 Å². The monoisotopic (exact) mass is 818 g/mol. The maximum atomic E-state index is 12.5. The lowest BCUT2D eigenvalue weighted by Gasteiger charge is -2.27. The van der Waals surface area contributed by atoms with Crippen molar-refractivity contribution in [3.63, 3.8) is 0 Å². The topological polar surface area (TPSA) is 110 Å². The average molecular weight is 818 g/mol. The highest BCUT2D eigenvalue weighted by Crippen LogP contribution is 2.16. The van der Waals surface area contributed by atoms with Gasteiger partial charge in [0.2, 0.25) is 5.91 Å². The molecule has 0 spiro atoms. The van der Waals surface area contributed by atoms with Crippen LogP contribution in [0.3, 0.4) is 0 Å². The molecule has 1 amide bonds. The first-order valence-corrected chi connectivity index (χ1v) is 25.4. The zero-order chi connectivity index (χ0) is 42.4. The third kappa shape index (κ3) is 40.0. The predicted molar refractivity (Wildman–Crippen MR) is 251 cm³/mol. The second-order valence-corrected chi connectivity index (χ2v) is 17.5. The summed E-state index contributed by atoms with van der Waals surface area (Å²) in [4.78, 5) is 12.5. The van der Waals surface area contributed by atoms with Crippen LogP contribution in [-0.2, 0) is 4.79 Å². The van der Waals surface area contributed by atoms with Gasteiger partial charge in [-0.2, -0.15) is 0 Å². The van der Waals surface area contributed by atoms with Crippen LogP contribution in [0.4, 0.5) is 0 Å². The molecule has 6 nitrogen and oxygen atoms in total. The lowest BCUT2D eigenvalue weighted by molar-refractivity contribution is -0.132. The number of carbonyl (C=O) groups excluding carboxylic acids is 1. The Morgan fingerprint density at radius 3 is 1.14 bits per heavy atom. The van der Waals surface area contributed by atoms with Gasteiger partial charge in [0.15, 0.2) is 0 Å². The van der Waals surface area contributed by atoms with E-state index in [0.717, 1.165) is 44.9 Å². The minimum Gasteiger partial charge on any atom is -0.394 e. The van der Waals surface area contributed by atoms with Gasteiger partial charge in [0.1, 0.15) is 12.2 Å². The Balaban J connectivity index is 3.70. The standard InChI is InChI=1S/C52H99NO5/c1-3-5-7-9-11-13-15-17-19-21-22-23-24-25-26-27-28-29-30-32-34-36-38-40-42-44-46-50(56)52(58)53-48(47-54)51(57)49(55)45-43-41-39-37-35-33-31-20-18-16-14-12-10-8-6-4-2/h22-23,25-26,37,39,48-51,54-57H,3-21,24,27-36,38,40-47H2,1-2H3,(H,53,58)/b23-22-,26-25-,39-37+.